The minimum atomic E-state index is -0.213. The molecule has 2 rings (SSSR count). The summed E-state index contributed by atoms with van der Waals surface area (Å²) in [5, 5.41) is 0. The SMILES string of the molecule is CCN(c1ccc(F)cc1)c1ccccc1CCN. The molecule has 0 saturated carbocycles. The van der Waals surface area contributed by atoms with Crippen LogP contribution < -0.4 is 10.6 Å². The van der Waals surface area contributed by atoms with Gasteiger partial charge in [0.2, 0.25) is 0 Å². The molecule has 0 spiro atoms. The van der Waals surface area contributed by atoms with Gasteiger partial charge in [-0.25, -0.2) is 4.39 Å². The number of halogens is 1. The second kappa shape index (κ2) is 6.34. The third-order valence-electron chi connectivity index (χ3n) is 3.15. The molecule has 2 N–H and O–H groups in total. The summed E-state index contributed by atoms with van der Waals surface area (Å²) < 4.78 is 13.0. The van der Waals surface area contributed by atoms with Crippen LogP contribution >= 0.6 is 0 Å². The first-order valence-corrected chi connectivity index (χ1v) is 6.57. The summed E-state index contributed by atoms with van der Waals surface area (Å²) in [5.41, 5.74) is 9.01. The van der Waals surface area contributed by atoms with Gasteiger partial charge in [0.1, 0.15) is 5.82 Å². The van der Waals surface area contributed by atoms with E-state index < -0.39 is 0 Å². The number of anilines is 2. The van der Waals surface area contributed by atoms with Crippen molar-refractivity contribution in [2.45, 2.75) is 13.3 Å². The molecule has 0 amide bonds. The first-order valence-electron chi connectivity index (χ1n) is 6.57. The van der Waals surface area contributed by atoms with Crippen molar-refractivity contribution in [1.29, 1.82) is 0 Å². The highest BCUT2D eigenvalue weighted by molar-refractivity contribution is 5.66. The highest BCUT2D eigenvalue weighted by Crippen LogP contribution is 2.28. The van der Waals surface area contributed by atoms with Crippen LogP contribution in [-0.4, -0.2) is 13.1 Å². The molecule has 2 aromatic carbocycles. The average molecular weight is 258 g/mol. The van der Waals surface area contributed by atoms with Gasteiger partial charge in [-0.05, 0) is 55.8 Å². The van der Waals surface area contributed by atoms with Gasteiger partial charge in [0, 0.05) is 17.9 Å². The van der Waals surface area contributed by atoms with Gasteiger partial charge in [0.15, 0.2) is 0 Å². The van der Waals surface area contributed by atoms with Gasteiger partial charge in [-0.3, -0.25) is 0 Å². The number of hydrogen-bond acceptors (Lipinski definition) is 2. The Bertz CT molecular complexity index is 523. The van der Waals surface area contributed by atoms with Gasteiger partial charge in [0.25, 0.3) is 0 Å². The Hall–Kier alpha value is -1.87. The zero-order valence-electron chi connectivity index (χ0n) is 11.1. The Morgan fingerprint density at radius 2 is 1.74 bits per heavy atom. The van der Waals surface area contributed by atoms with Crippen molar-refractivity contribution in [2.24, 2.45) is 5.73 Å². The fraction of sp³-hybridized carbons (Fsp3) is 0.250. The van der Waals surface area contributed by atoms with E-state index in [0.29, 0.717) is 6.54 Å². The van der Waals surface area contributed by atoms with E-state index in [2.05, 4.69) is 24.0 Å². The minimum Gasteiger partial charge on any atom is -0.342 e. The van der Waals surface area contributed by atoms with Crippen molar-refractivity contribution in [1.82, 2.24) is 0 Å². The van der Waals surface area contributed by atoms with Crippen molar-refractivity contribution >= 4 is 11.4 Å². The Morgan fingerprint density at radius 3 is 2.37 bits per heavy atom. The van der Waals surface area contributed by atoms with E-state index >= 15 is 0 Å². The maximum Gasteiger partial charge on any atom is 0.123 e. The fourth-order valence-electron chi connectivity index (χ4n) is 2.25. The van der Waals surface area contributed by atoms with E-state index in [1.165, 1.54) is 17.7 Å². The van der Waals surface area contributed by atoms with Crippen LogP contribution in [0.1, 0.15) is 12.5 Å². The molecule has 0 heterocycles. The quantitative estimate of drug-likeness (QED) is 0.889. The Kier molecular flexibility index (Phi) is 4.53. The van der Waals surface area contributed by atoms with Crippen molar-refractivity contribution in [3.63, 3.8) is 0 Å². The van der Waals surface area contributed by atoms with Crippen LogP contribution in [0.2, 0.25) is 0 Å². The van der Waals surface area contributed by atoms with Crippen molar-refractivity contribution < 1.29 is 4.39 Å². The Balaban J connectivity index is 2.39. The molecule has 0 unspecified atom stereocenters. The van der Waals surface area contributed by atoms with Crippen LogP contribution in [0.3, 0.4) is 0 Å². The Morgan fingerprint density at radius 1 is 1.05 bits per heavy atom. The molecule has 2 aromatic rings. The van der Waals surface area contributed by atoms with E-state index in [9.17, 15) is 4.39 Å². The van der Waals surface area contributed by atoms with Crippen molar-refractivity contribution in [3.05, 3.63) is 59.9 Å². The third-order valence-corrected chi connectivity index (χ3v) is 3.15. The van der Waals surface area contributed by atoms with Gasteiger partial charge < -0.3 is 10.6 Å². The summed E-state index contributed by atoms with van der Waals surface area (Å²) in [5.74, 6) is -0.213. The second-order valence-electron chi connectivity index (χ2n) is 4.39. The van der Waals surface area contributed by atoms with E-state index in [0.717, 1.165) is 24.3 Å². The molecule has 19 heavy (non-hydrogen) atoms. The summed E-state index contributed by atoms with van der Waals surface area (Å²) in [6.45, 7) is 3.54. The predicted molar refractivity (Wildman–Crippen MR) is 78.3 cm³/mol. The summed E-state index contributed by atoms with van der Waals surface area (Å²) >= 11 is 0. The topological polar surface area (TPSA) is 29.3 Å². The van der Waals surface area contributed by atoms with E-state index in [-0.39, 0.29) is 5.82 Å². The average Bonchev–Trinajstić information content (AvgIpc) is 2.44. The molecule has 100 valence electrons. The van der Waals surface area contributed by atoms with Crippen LogP contribution in [-0.2, 0) is 6.42 Å². The Labute approximate surface area is 113 Å². The largest absolute Gasteiger partial charge is 0.342 e. The maximum absolute atomic E-state index is 13.0. The summed E-state index contributed by atoms with van der Waals surface area (Å²) in [4.78, 5) is 2.17. The number of rotatable bonds is 5. The third kappa shape index (κ3) is 3.12. The lowest BCUT2D eigenvalue weighted by Crippen LogP contribution is -2.18. The zero-order valence-corrected chi connectivity index (χ0v) is 11.1. The number of benzene rings is 2. The van der Waals surface area contributed by atoms with E-state index in [1.54, 1.807) is 12.1 Å². The molecule has 2 nitrogen and oxygen atoms in total. The zero-order chi connectivity index (χ0) is 13.7. The molecule has 0 saturated heterocycles. The van der Waals surface area contributed by atoms with Crippen LogP contribution in [0.5, 0.6) is 0 Å². The monoisotopic (exact) mass is 258 g/mol. The summed E-state index contributed by atoms with van der Waals surface area (Å²) in [6.07, 6.45) is 0.841. The lowest BCUT2D eigenvalue weighted by molar-refractivity contribution is 0.628. The van der Waals surface area contributed by atoms with Gasteiger partial charge in [-0.15, -0.1) is 0 Å². The molecule has 0 aromatic heterocycles. The lowest BCUT2D eigenvalue weighted by atomic mass is 10.1. The standard InChI is InChI=1S/C16H19FN2/c1-2-19(15-9-7-14(17)8-10-15)16-6-4-3-5-13(16)11-12-18/h3-10H,2,11-12,18H2,1H3. The molecular formula is C16H19FN2. The number of nitrogens with zero attached hydrogens (tertiary/aromatic N) is 1. The lowest BCUT2D eigenvalue weighted by Gasteiger charge is -2.26. The van der Waals surface area contributed by atoms with Crippen LogP contribution in [0.25, 0.3) is 0 Å². The molecule has 0 atom stereocenters. The minimum absolute atomic E-state index is 0.213. The highest BCUT2D eigenvalue weighted by atomic mass is 19.1. The van der Waals surface area contributed by atoms with Crippen molar-refractivity contribution in [3.8, 4) is 0 Å². The fourth-order valence-corrected chi connectivity index (χ4v) is 2.25. The van der Waals surface area contributed by atoms with Crippen LogP contribution in [0, 0.1) is 5.82 Å². The molecule has 0 aliphatic heterocycles. The van der Waals surface area contributed by atoms with E-state index in [1.807, 2.05) is 12.1 Å². The molecule has 0 fully saturated rings. The normalized spacial score (nSPS) is 10.5. The second-order valence-corrected chi connectivity index (χ2v) is 4.39. The maximum atomic E-state index is 13.0. The number of nitrogens with two attached hydrogens (primary N) is 1. The molecule has 0 bridgehead atoms. The molecular weight excluding hydrogens is 239 g/mol. The summed E-state index contributed by atoms with van der Waals surface area (Å²) in [7, 11) is 0. The first kappa shape index (κ1) is 13.6. The first-order chi connectivity index (χ1) is 9.26. The molecule has 0 radical (unpaired) electrons. The number of para-hydroxylation sites is 1. The van der Waals surface area contributed by atoms with Crippen molar-refractivity contribution in [2.75, 3.05) is 18.0 Å². The van der Waals surface area contributed by atoms with E-state index in [4.69, 9.17) is 5.73 Å². The van der Waals surface area contributed by atoms with Gasteiger partial charge >= 0.3 is 0 Å². The number of hydrogen-bond donors (Lipinski definition) is 1. The predicted octanol–water partition coefficient (Wildman–Crippen LogP) is 3.48. The van der Waals surface area contributed by atoms with Gasteiger partial charge in [0.05, 0.1) is 0 Å². The summed E-state index contributed by atoms with van der Waals surface area (Å²) in [6, 6.07) is 14.8. The molecule has 0 aliphatic rings. The van der Waals surface area contributed by atoms with Crippen LogP contribution in [0.4, 0.5) is 15.8 Å². The van der Waals surface area contributed by atoms with Gasteiger partial charge in [-0.2, -0.15) is 0 Å². The van der Waals surface area contributed by atoms with Crippen LogP contribution in [0.15, 0.2) is 48.5 Å². The molecule has 3 heteroatoms. The molecule has 0 aliphatic carbocycles. The van der Waals surface area contributed by atoms with Gasteiger partial charge in [-0.1, -0.05) is 18.2 Å². The highest BCUT2D eigenvalue weighted by Gasteiger charge is 2.10. The smallest absolute Gasteiger partial charge is 0.123 e.